The van der Waals surface area contributed by atoms with Crippen LogP contribution >= 0.6 is 0 Å². The molecule has 1 N–H and O–H groups in total. The fourth-order valence-electron chi connectivity index (χ4n) is 3.13. The molecule has 0 aromatic rings. The van der Waals surface area contributed by atoms with Gasteiger partial charge in [0, 0.05) is 19.6 Å². The van der Waals surface area contributed by atoms with Gasteiger partial charge in [0.1, 0.15) is 0 Å². The highest BCUT2D eigenvalue weighted by atomic mass is 16.2. The monoisotopic (exact) mass is 263 g/mol. The van der Waals surface area contributed by atoms with Gasteiger partial charge < -0.3 is 10.2 Å². The van der Waals surface area contributed by atoms with Gasteiger partial charge in [0.2, 0.25) is 5.91 Å². The van der Waals surface area contributed by atoms with E-state index < -0.39 is 0 Å². The molecule has 4 heteroatoms. The van der Waals surface area contributed by atoms with Crippen molar-refractivity contribution in [1.82, 2.24) is 15.1 Å². The standard InChI is InChI=1S/C15H25N3O/c1-3-6-18(7-4-2)15(19)12-17-8-5-13-9-16-10-14(13)11-17/h3-4,13-14,16H,1-2,5-12H2. The average molecular weight is 263 g/mol. The third kappa shape index (κ3) is 3.67. The second kappa shape index (κ2) is 6.87. The number of carbonyl (C=O) groups is 1. The molecular weight excluding hydrogens is 238 g/mol. The number of carbonyl (C=O) groups excluding carboxylic acids is 1. The van der Waals surface area contributed by atoms with Crippen LogP contribution < -0.4 is 5.32 Å². The van der Waals surface area contributed by atoms with Gasteiger partial charge in [0.25, 0.3) is 0 Å². The molecular formula is C15H25N3O. The Balaban J connectivity index is 1.83. The van der Waals surface area contributed by atoms with Gasteiger partial charge in [-0.15, -0.1) is 13.2 Å². The number of nitrogens with zero attached hydrogens (tertiary/aromatic N) is 2. The number of rotatable bonds is 6. The molecule has 2 atom stereocenters. The third-order valence-electron chi connectivity index (χ3n) is 4.20. The second-order valence-electron chi connectivity index (χ2n) is 5.58. The summed E-state index contributed by atoms with van der Waals surface area (Å²) in [5.41, 5.74) is 0. The smallest absolute Gasteiger partial charge is 0.237 e. The molecule has 19 heavy (non-hydrogen) atoms. The highest BCUT2D eigenvalue weighted by Gasteiger charge is 2.33. The van der Waals surface area contributed by atoms with Crippen LogP contribution in [0.2, 0.25) is 0 Å². The Labute approximate surface area is 116 Å². The van der Waals surface area contributed by atoms with Crippen molar-refractivity contribution in [3.63, 3.8) is 0 Å². The van der Waals surface area contributed by atoms with E-state index in [9.17, 15) is 4.79 Å². The Morgan fingerprint density at radius 2 is 1.95 bits per heavy atom. The first-order valence-electron chi connectivity index (χ1n) is 7.17. The number of likely N-dealkylation sites (tertiary alicyclic amines) is 1. The normalized spacial score (nSPS) is 26.7. The molecule has 2 saturated heterocycles. The number of piperidine rings is 1. The van der Waals surface area contributed by atoms with Crippen molar-refractivity contribution < 1.29 is 4.79 Å². The lowest BCUT2D eigenvalue weighted by atomic mass is 9.89. The van der Waals surface area contributed by atoms with E-state index in [1.54, 1.807) is 17.1 Å². The van der Waals surface area contributed by atoms with E-state index in [0.29, 0.717) is 19.6 Å². The molecule has 4 nitrogen and oxygen atoms in total. The van der Waals surface area contributed by atoms with Crippen molar-refractivity contribution in [2.24, 2.45) is 11.8 Å². The van der Waals surface area contributed by atoms with Crippen molar-refractivity contribution in [1.29, 1.82) is 0 Å². The van der Waals surface area contributed by atoms with Crippen LogP contribution in [0, 0.1) is 11.8 Å². The highest BCUT2D eigenvalue weighted by molar-refractivity contribution is 5.78. The van der Waals surface area contributed by atoms with Gasteiger partial charge in [0.15, 0.2) is 0 Å². The van der Waals surface area contributed by atoms with Gasteiger partial charge in [-0.25, -0.2) is 0 Å². The fourth-order valence-corrected chi connectivity index (χ4v) is 3.13. The minimum absolute atomic E-state index is 0.184. The first-order valence-corrected chi connectivity index (χ1v) is 7.17. The van der Waals surface area contributed by atoms with Gasteiger partial charge >= 0.3 is 0 Å². The zero-order valence-corrected chi connectivity index (χ0v) is 11.7. The lowest BCUT2D eigenvalue weighted by Crippen LogP contribution is -2.46. The Bertz CT molecular complexity index is 332. The molecule has 0 bridgehead atoms. The molecule has 2 rings (SSSR count). The first kappa shape index (κ1) is 14.3. The Hall–Kier alpha value is -1.13. The summed E-state index contributed by atoms with van der Waals surface area (Å²) in [6.07, 6.45) is 4.76. The van der Waals surface area contributed by atoms with Gasteiger partial charge in [-0.2, -0.15) is 0 Å². The van der Waals surface area contributed by atoms with Crippen molar-refractivity contribution in [3.8, 4) is 0 Å². The maximum atomic E-state index is 12.3. The van der Waals surface area contributed by atoms with Crippen LogP contribution in [0.5, 0.6) is 0 Å². The molecule has 0 aromatic heterocycles. The molecule has 0 aromatic carbocycles. The van der Waals surface area contributed by atoms with Crippen molar-refractivity contribution in [3.05, 3.63) is 25.3 Å². The first-order chi connectivity index (χ1) is 9.24. The van der Waals surface area contributed by atoms with Gasteiger partial charge in [-0.05, 0) is 37.9 Å². The highest BCUT2D eigenvalue weighted by Crippen LogP contribution is 2.26. The predicted octanol–water partition coefficient (Wildman–Crippen LogP) is 0.728. The van der Waals surface area contributed by atoms with Gasteiger partial charge in [-0.3, -0.25) is 9.69 Å². The predicted molar refractivity (Wildman–Crippen MR) is 77.9 cm³/mol. The van der Waals surface area contributed by atoms with Gasteiger partial charge in [-0.1, -0.05) is 12.2 Å². The Morgan fingerprint density at radius 1 is 1.26 bits per heavy atom. The lowest BCUT2D eigenvalue weighted by molar-refractivity contribution is -0.131. The van der Waals surface area contributed by atoms with Crippen LogP contribution in [0.1, 0.15) is 6.42 Å². The molecule has 2 aliphatic rings. The molecule has 2 aliphatic heterocycles. The lowest BCUT2D eigenvalue weighted by Gasteiger charge is -2.35. The number of hydrogen-bond donors (Lipinski definition) is 1. The van der Waals surface area contributed by atoms with Crippen LogP contribution in [0.4, 0.5) is 0 Å². The summed E-state index contributed by atoms with van der Waals surface area (Å²) in [6.45, 7) is 13.5. The zero-order chi connectivity index (χ0) is 13.7. The average Bonchev–Trinajstić information content (AvgIpc) is 2.86. The van der Waals surface area contributed by atoms with E-state index in [2.05, 4.69) is 23.4 Å². The number of amides is 1. The van der Waals surface area contributed by atoms with Crippen LogP contribution in [-0.4, -0.2) is 61.5 Å². The number of hydrogen-bond acceptors (Lipinski definition) is 3. The van der Waals surface area contributed by atoms with Crippen LogP contribution in [-0.2, 0) is 4.79 Å². The minimum Gasteiger partial charge on any atom is -0.334 e. The molecule has 1 amide bonds. The SMILES string of the molecule is C=CCN(CC=C)C(=O)CN1CCC2CNCC2C1. The zero-order valence-electron chi connectivity index (χ0n) is 11.7. The summed E-state index contributed by atoms with van der Waals surface area (Å²) >= 11 is 0. The molecule has 0 radical (unpaired) electrons. The Kier molecular flexibility index (Phi) is 5.16. The van der Waals surface area contributed by atoms with E-state index in [0.717, 1.165) is 38.0 Å². The molecule has 2 unspecified atom stereocenters. The molecule has 2 fully saturated rings. The second-order valence-corrected chi connectivity index (χ2v) is 5.58. The minimum atomic E-state index is 0.184. The van der Waals surface area contributed by atoms with E-state index in [-0.39, 0.29) is 5.91 Å². The van der Waals surface area contributed by atoms with E-state index in [4.69, 9.17) is 0 Å². The summed E-state index contributed by atoms with van der Waals surface area (Å²) in [7, 11) is 0. The maximum absolute atomic E-state index is 12.3. The third-order valence-corrected chi connectivity index (χ3v) is 4.20. The molecule has 0 spiro atoms. The summed E-state index contributed by atoms with van der Waals surface area (Å²) in [5, 5.41) is 3.45. The molecule has 0 aliphatic carbocycles. The van der Waals surface area contributed by atoms with Gasteiger partial charge in [0.05, 0.1) is 6.54 Å². The van der Waals surface area contributed by atoms with Crippen molar-refractivity contribution >= 4 is 5.91 Å². The summed E-state index contributed by atoms with van der Waals surface area (Å²) in [5.74, 6) is 1.74. The quantitative estimate of drug-likeness (QED) is 0.718. The fraction of sp³-hybridized carbons (Fsp3) is 0.667. The maximum Gasteiger partial charge on any atom is 0.237 e. The molecule has 106 valence electrons. The summed E-state index contributed by atoms with van der Waals surface area (Å²) in [4.78, 5) is 16.4. The topological polar surface area (TPSA) is 35.6 Å². The number of nitrogens with one attached hydrogen (secondary N) is 1. The van der Waals surface area contributed by atoms with Crippen LogP contribution in [0.3, 0.4) is 0 Å². The largest absolute Gasteiger partial charge is 0.334 e. The number of fused-ring (bicyclic) bond motifs is 1. The van der Waals surface area contributed by atoms with Crippen molar-refractivity contribution in [2.75, 3.05) is 45.8 Å². The molecule has 2 heterocycles. The summed E-state index contributed by atoms with van der Waals surface area (Å²) < 4.78 is 0. The van der Waals surface area contributed by atoms with E-state index in [1.807, 2.05) is 0 Å². The van der Waals surface area contributed by atoms with Crippen LogP contribution in [0.25, 0.3) is 0 Å². The molecule has 0 saturated carbocycles. The van der Waals surface area contributed by atoms with Crippen molar-refractivity contribution in [2.45, 2.75) is 6.42 Å². The summed E-state index contributed by atoms with van der Waals surface area (Å²) in [6, 6.07) is 0. The Morgan fingerprint density at radius 3 is 2.63 bits per heavy atom. The van der Waals surface area contributed by atoms with E-state index >= 15 is 0 Å². The van der Waals surface area contributed by atoms with E-state index in [1.165, 1.54) is 6.42 Å². The van der Waals surface area contributed by atoms with Crippen LogP contribution in [0.15, 0.2) is 25.3 Å².